The molecule has 0 saturated carbocycles. The van der Waals surface area contributed by atoms with E-state index in [2.05, 4.69) is 16.8 Å². The second-order valence-electron chi connectivity index (χ2n) is 11.1. The molecule has 6 heterocycles. The molecule has 0 spiro atoms. The Kier molecular flexibility index (Phi) is 5.78. The predicted molar refractivity (Wildman–Crippen MR) is 142 cm³/mol. The van der Waals surface area contributed by atoms with Crippen LogP contribution in [0, 0.1) is 0 Å². The summed E-state index contributed by atoms with van der Waals surface area (Å²) in [5, 5.41) is 12.4. The van der Waals surface area contributed by atoms with E-state index in [1.165, 1.54) is 0 Å². The Morgan fingerprint density at radius 3 is 2.72 bits per heavy atom. The van der Waals surface area contributed by atoms with Crippen LogP contribution in [0.4, 0.5) is 0 Å². The van der Waals surface area contributed by atoms with Crippen molar-refractivity contribution in [3.8, 4) is 11.5 Å². The van der Waals surface area contributed by atoms with Crippen molar-refractivity contribution in [2.45, 2.75) is 31.9 Å². The van der Waals surface area contributed by atoms with Gasteiger partial charge in [-0.1, -0.05) is 6.92 Å². The number of fused-ring (bicyclic) bond motifs is 5. The molecule has 5 aliphatic heterocycles. The molecular formula is C29H32N4O6. The number of hydrogen-bond acceptors (Lipinski definition) is 9. The molecule has 1 amide bonds. The largest absolute Gasteiger partial charge is 0.478 e. The van der Waals surface area contributed by atoms with Gasteiger partial charge in [-0.05, 0) is 42.3 Å². The Labute approximate surface area is 226 Å². The molecule has 10 heteroatoms. The molecule has 5 aliphatic rings. The summed E-state index contributed by atoms with van der Waals surface area (Å²) in [7, 11) is 2.12. The van der Waals surface area contributed by atoms with Gasteiger partial charge < -0.3 is 29.1 Å². The topological polar surface area (TPSA) is 105 Å². The van der Waals surface area contributed by atoms with Crippen LogP contribution < -0.4 is 9.47 Å². The van der Waals surface area contributed by atoms with Crippen LogP contribution >= 0.6 is 0 Å². The van der Waals surface area contributed by atoms with Gasteiger partial charge in [0.1, 0.15) is 5.69 Å². The molecule has 39 heavy (non-hydrogen) atoms. The van der Waals surface area contributed by atoms with E-state index in [-0.39, 0.29) is 12.5 Å². The number of piperazine rings is 1. The van der Waals surface area contributed by atoms with E-state index in [4.69, 9.17) is 19.2 Å². The van der Waals surface area contributed by atoms with Crippen molar-refractivity contribution in [1.29, 1.82) is 0 Å². The maximum absolute atomic E-state index is 14.1. The molecular weight excluding hydrogens is 500 g/mol. The van der Waals surface area contributed by atoms with Crippen molar-refractivity contribution in [2.75, 3.05) is 59.6 Å². The molecule has 0 aliphatic carbocycles. The number of ether oxygens (including phenoxy) is 3. The lowest BCUT2D eigenvalue weighted by Crippen LogP contribution is -2.44. The number of carbonyl (C=O) groups excluding carboxylic acids is 2. The van der Waals surface area contributed by atoms with Crippen molar-refractivity contribution in [2.24, 2.45) is 0 Å². The molecule has 1 atom stereocenters. The first kappa shape index (κ1) is 24.7. The summed E-state index contributed by atoms with van der Waals surface area (Å²) < 4.78 is 16.9. The first-order valence-electron chi connectivity index (χ1n) is 13.7. The number of amides is 1. The lowest BCUT2D eigenvalue weighted by atomic mass is 9.83. The maximum atomic E-state index is 14.1. The molecule has 7 rings (SSSR count). The van der Waals surface area contributed by atoms with Gasteiger partial charge in [0.2, 0.25) is 0 Å². The third-order valence-electron chi connectivity index (χ3n) is 8.73. The molecule has 10 nitrogen and oxygen atoms in total. The zero-order chi connectivity index (χ0) is 26.9. The van der Waals surface area contributed by atoms with Gasteiger partial charge in [0.25, 0.3) is 5.91 Å². The van der Waals surface area contributed by atoms with Gasteiger partial charge >= 0.3 is 5.97 Å². The smallest absolute Gasteiger partial charge is 0.349 e. The van der Waals surface area contributed by atoms with Crippen LogP contribution in [0.15, 0.2) is 29.4 Å². The molecule has 0 radical (unpaired) electrons. The SMILES string of the molecule is CCC1(O)CCOCC2=C1C=C1c3nc4cc5c(cc4c(CN4CCN(C)CC4)c3C(=O)N1C2)OCC(=O)O5. The molecule has 0 bridgehead atoms. The second kappa shape index (κ2) is 9.12. The van der Waals surface area contributed by atoms with Crippen LogP contribution in [-0.4, -0.2) is 102 Å². The van der Waals surface area contributed by atoms with Crippen LogP contribution in [-0.2, 0) is 16.1 Å². The van der Waals surface area contributed by atoms with E-state index in [9.17, 15) is 14.7 Å². The van der Waals surface area contributed by atoms with Gasteiger partial charge in [-0.3, -0.25) is 9.69 Å². The highest BCUT2D eigenvalue weighted by Gasteiger charge is 2.43. The van der Waals surface area contributed by atoms with Gasteiger partial charge in [0, 0.05) is 50.6 Å². The van der Waals surface area contributed by atoms with Gasteiger partial charge in [-0.2, -0.15) is 0 Å². The highest BCUT2D eigenvalue weighted by Crippen LogP contribution is 2.45. The molecule has 1 saturated heterocycles. The highest BCUT2D eigenvalue weighted by atomic mass is 16.6. The first-order chi connectivity index (χ1) is 18.8. The number of carbonyl (C=O) groups is 2. The summed E-state index contributed by atoms with van der Waals surface area (Å²) in [4.78, 5) is 37.4. The summed E-state index contributed by atoms with van der Waals surface area (Å²) in [5.74, 6) is 0.271. The third kappa shape index (κ3) is 3.97. The summed E-state index contributed by atoms with van der Waals surface area (Å²) in [5.41, 5.74) is 4.21. The summed E-state index contributed by atoms with van der Waals surface area (Å²) in [6, 6.07) is 3.59. The fraction of sp³-hybridized carbons (Fsp3) is 0.483. The minimum absolute atomic E-state index is 0.0873. The number of benzene rings is 1. The minimum Gasteiger partial charge on any atom is -0.478 e. The normalized spacial score (nSPS) is 25.4. The summed E-state index contributed by atoms with van der Waals surface area (Å²) in [6.45, 7) is 7.33. The first-order valence-corrected chi connectivity index (χ1v) is 13.7. The fourth-order valence-electron chi connectivity index (χ4n) is 6.34. The second-order valence-corrected chi connectivity index (χ2v) is 11.1. The van der Waals surface area contributed by atoms with Crippen molar-refractivity contribution in [1.82, 2.24) is 19.7 Å². The molecule has 1 unspecified atom stereocenters. The highest BCUT2D eigenvalue weighted by molar-refractivity contribution is 6.13. The Balaban J connectivity index is 1.41. The Bertz CT molecular complexity index is 1470. The summed E-state index contributed by atoms with van der Waals surface area (Å²) in [6.07, 6.45) is 3.00. The zero-order valence-electron chi connectivity index (χ0n) is 22.3. The van der Waals surface area contributed by atoms with Gasteiger partial charge in [-0.25, -0.2) is 9.78 Å². The number of hydrogen-bond donors (Lipinski definition) is 1. The number of nitrogens with zero attached hydrogens (tertiary/aromatic N) is 4. The van der Waals surface area contributed by atoms with E-state index >= 15 is 0 Å². The minimum atomic E-state index is -1.01. The molecule has 1 fully saturated rings. The van der Waals surface area contributed by atoms with Crippen molar-refractivity contribution in [3.05, 3.63) is 46.2 Å². The standard InChI is InChI=1S/C29H32N4O6/c1-3-29(36)4-9-37-15-17-13-33-22(11-20(17)29)27-26(28(33)35)19(14-32-7-5-31(2)6-8-32)18-10-23-24(12-21(18)30-27)39-25(34)16-38-23/h10-12,36H,3-9,13-16H2,1-2H3. The van der Waals surface area contributed by atoms with E-state index in [0.29, 0.717) is 73.1 Å². The molecule has 204 valence electrons. The third-order valence-corrected chi connectivity index (χ3v) is 8.73. The lowest BCUT2D eigenvalue weighted by molar-refractivity contribution is -0.138. The number of rotatable bonds is 3. The monoisotopic (exact) mass is 532 g/mol. The average molecular weight is 533 g/mol. The van der Waals surface area contributed by atoms with Crippen LogP contribution in [0.25, 0.3) is 16.6 Å². The fourth-order valence-corrected chi connectivity index (χ4v) is 6.34. The molecule has 1 aromatic heterocycles. The number of esters is 1. The molecule has 1 N–H and O–H groups in total. The maximum Gasteiger partial charge on any atom is 0.349 e. The molecule has 1 aromatic carbocycles. The van der Waals surface area contributed by atoms with Crippen molar-refractivity contribution in [3.63, 3.8) is 0 Å². The van der Waals surface area contributed by atoms with E-state index < -0.39 is 11.6 Å². The van der Waals surface area contributed by atoms with Crippen LogP contribution in [0.5, 0.6) is 11.5 Å². The molecule has 2 aromatic rings. The Morgan fingerprint density at radius 2 is 1.92 bits per heavy atom. The van der Waals surface area contributed by atoms with E-state index in [0.717, 1.165) is 48.3 Å². The van der Waals surface area contributed by atoms with E-state index in [1.54, 1.807) is 11.0 Å². The number of pyridine rings is 1. The summed E-state index contributed by atoms with van der Waals surface area (Å²) >= 11 is 0. The lowest BCUT2D eigenvalue weighted by Gasteiger charge is -2.33. The van der Waals surface area contributed by atoms with Gasteiger partial charge in [0.15, 0.2) is 18.1 Å². The van der Waals surface area contributed by atoms with E-state index in [1.807, 2.05) is 19.1 Å². The van der Waals surface area contributed by atoms with Crippen LogP contribution in [0.1, 0.15) is 41.4 Å². The van der Waals surface area contributed by atoms with Gasteiger partial charge in [-0.15, -0.1) is 0 Å². The Hall–Kier alpha value is -3.31. The quantitative estimate of drug-likeness (QED) is 0.469. The van der Waals surface area contributed by atoms with Crippen LogP contribution in [0.3, 0.4) is 0 Å². The van der Waals surface area contributed by atoms with Gasteiger partial charge in [0.05, 0.1) is 42.1 Å². The van der Waals surface area contributed by atoms with Crippen molar-refractivity contribution >= 4 is 28.5 Å². The Morgan fingerprint density at radius 1 is 1.10 bits per heavy atom. The van der Waals surface area contributed by atoms with Crippen molar-refractivity contribution < 1.29 is 28.9 Å². The number of aromatic nitrogens is 1. The predicted octanol–water partition coefficient (Wildman–Crippen LogP) is 1.95. The zero-order valence-corrected chi connectivity index (χ0v) is 22.3. The van der Waals surface area contributed by atoms with Crippen LogP contribution in [0.2, 0.25) is 0 Å². The number of aliphatic hydroxyl groups is 1. The number of likely N-dealkylation sites (N-methyl/N-ethyl adjacent to an activating group) is 1. The average Bonchev–Trinajstić information content (AvgIpc) is 3.09.